The van der Waals surface area contributed by atoms with Crippen molar-refractivity contribution in [2.24, 2.45) is 0 Å². The molecule has 0 N–H and O–H groups in total. The number of carbonyl (C=O) groups excluding carboxylic acids is 1. The second kappa shape index (κ2) is 6.82. The molecule has 4 heteroatoms. The lowest BCUT2D eigenvalue weighted by Gasteiger charge is -2.37. The second-order valence-corrected chi connectivity index (χ2v) is 5.92. The maximum atomic E-state index is 13.7. The van der Waals surface area contributed by atoms with Crippen LogP contribution < -0.4 is 4.90 Å². The number of anilines is 1. The van der Waals surface area contributed by atoms with E-state index in [0.717, 1.165) is 13.1 Å². The van der Waals surface area contributed by atoms with Gasteiger partial charge in [-0.2, -0.15) is 0 Å². The molecule has 0 unspecified atom stereocenters. The molecule has 1 aliphatic rings. The largest absolute Gasteiger partial charge is 0.368 e. The average molecular weight is 312 g/mol. The first kappa shape index (κ1) is 15.5. The molecule has 2 aromatic carbocycles. The van der Waals surface area contributed by atoms with Gasteiger partial charge in [-0.05, 0) is 30.2 Å². The van der Waals surface area contributed by atoms with Crippen LogP contribution in [0.5, 0.6) is 0 Å². The summed E-state index contributed by atoms with van der Waals surface area (Å²) in [6.07, 6.45) is 0.136. The van der Waals surface area contributed by atoms with E-state index in [1.807, 2.05) is 17.0 Å². The fraction of sp³-hybridized carbons (Fsp3) is 0.316. The van der Waals surface area contributed by atoms with Crippen LogP contribution in [0.25, 0.3) is 0 Å². The molecule has 1 amide bonds. The van der Waals surface area contributed by atoms with Crippen LogP contribution in [-0.4, -0.2) is 37.0 Å². The zero-order valence-corrected chi connectivity index (χ0v) is 13.3. The van der Waals surface area contributed by atoms with Gasteiger partial charge in [0.1, 0.15) is 5.82 Å². The Balaban J connectivity index is 1.60. The average Bonchev–Trinajstić information content (AvgIpc) is 2.57. The highest BCUT2D eigenvalue weighted by Gasteiger charge is 2.22. The summed E-state index contributed by atoms with van der Waals surface area (Å²) in [5.74, 6) is -0.307. The summed E-state index contributed by atoms with van der Waals surface area (Å²) >= 11 is 0. The van der Waals surface area contributed by atoms with Gasteiger partial charge in [-0.15, -0.1) is 0 Å². The molecule has 1 saturated heterocycles. The van der Waals surface area contributed by atoms with E-state index in [1.165, 1.54) is 17.3 Å². The smallest absolute Gasteiger partial charge is 0.227 e. The van der Waals surface area contributed by atoms with Crippen molar-refractivity contribution in [3.63, 3.8) is 0 Å². The molecule has 1 heterocycles. The first-order valence-electron chi connectivity index (χ1n) is 7.97. The number of hydrogen-bond donors (Lipinski definition) is 0. The molecule has 0 aromatic heterocycles. The van der Waals surface area contributed by atoms with Crippen LogP contribution in [0.4, 0.5) is 10.1 Å². The molecular weight excluding hydrogens is 291 g/mol. The number of rotatable bonds is 3. The number of amides is 1. The number of nitrogens with zero attached hydrogens (tertiary/aromatic N) is 2. The van der Waals surface area contributed by atoms with Crippen molar-refractivity contribution in [3.05, 3.63) is 65.5 Å². The number of halogens is 1. The molecule has 0 atom stereocenters. The number of aryl methyl sites for hydroxylation is 1. The third-order valence-corrected chi connectivity index (χ3v) is 4.39. The fourth-order valence-corrected chi connectivity index (χ4v) is 3.03. The Labute approximate surface area is 136 Å². The van der Waals surface area contributed by atoms with Crippen LogP contribution in [0.2, 0.25) is 0 Å². The van der Waals surface area contributed by atoms with Gasteiger partial charge in [0.05, 0.1) is 6.42 Å². The van der Waals surface area contributed by atoms with Gasteiger partial charge in [0.15, 0.2) is 0 Å². The molecular formula is C19H21FN2O. The fourth-order valence-electron chi connectivity index (χ4n) is 3.03. The molecule has 2 aromatic rings. The molecule has 0 aliphatic carbocycles. The Morgan fingerprint density at radius 3 is 2.35 bits per heavy atom. The minimum Gasteiger partial charge on any atom is -0.368 e. The normalized spacial score (nSPS) is 14.9. The van der Waals surface area contributed by atoms with E-state index >= 15 is 0 Å². The van der Waals surface area contributed by atoms with Gasteiger partial charge in [0.25, 0.3) is 0 Å². The molecule has 1 aliphatic heterocycles. The highest BCUT2D eigenvalue weighted by molar-refractivity contribution is 5.79. The van der Waals surface area contributed by atoms with Crippen LogP contribution >= 0.6 is 0 Å². The zero-order valence-electron chi connectivity index (χ0n) is 13.3. The Bertz CT molecular complexity index is 693. The monoisotopic (exact) mass is 312 g/mol. The van der Waals surface area contributed by atoms with Gasteiger partial charge < -0.3 is 9.80 Å². The van der Waals surface area contributed by atoms with Crippen LogP contribution in [0.15, 0.2) is 48.5 Å². The van der Waals surface area contributed by atoms with Gasteiger partial charge >= 0.3 is 0 Å². The van der Waals surface area contributed by atoms with E-state index in [4.69, 9.17) is 0 Å². The summed E-state index contributed by atoms with van der Waals surface area (Å²) in [7, 11) is 0. The quantitative estimate of drug-likeness (QED) is 0.870. The topological polar surface area (TPSA) is 23.6 Å². The van der Waals surface area contributed by atoms with Crippen LogP contribution in [0.3, 0.4) is 0 Å². The van der Waals surface area contributed by atoms with E-state index in [9.17, 15) is 9.18 Å². The minimum absolute atomic E-state index is 0.000432. The zero-order chi connectivity index (χ0) is 16.2. The molecule has 23 heavy (non-hydrogen) atoms. The lowest BCUT2D eigenvalue weighted by atomic mass is 10.1. The van der Waals surface area contributed by atoms with Crippen molar-refractivity contribution in [2.75, 3.05) is 31.1 Å². The maximum absolute atomic E-state index is 13.7. The highest BCUT2D eigenvalue weighted by atomic mass is 19.1. The van der Waals surface area contributed by atoms with E-state index in [1.54, 1.807) is 18.2 Å². The molecule has 0 bridgehead atoms. The Kier molecular flexibility index (Phi) is 4.60. The van der Waals surface area contributed by atoms with Crippen molar-refractivity contribution in [1.82, 2.24) is 4.90 Å². The third kappa shape index (κ3) is 3.52. The number of para-hydroxylation sites is 1. The van der Waals surface area contributed by atoms with Crippen LogP contribution in [0.1, 0.15) is 11.1 Å². The van der Waals surface area contributed by atoms with Crippen molar-refractivity contribution in [2.45, 2.75) is 13.3 Å². The first-order chi connectivity index (χ1) is 11.1. The number of hydrogen-bond acceptors (Lipinski definition) is 2. The number of piperazine rings is 1. The van der Waals surface area contributed by atoms with Gasteiger partial charge in [0.2, 0.25) is 5.91 Å². The van der Waals surface area contributed by atoms with Crippen molar-refractivity contribution in [3.8, 4) is 0 Å². The third-order valence-electron chi connectivity index (χ3n) is 4.39. The standard InChI is InChI=1S/C19H21FN2O/c1-15-6-2-5-9-18(15)21-10-12-22(13-11-21)19(23)14-16-7-3-4-8-17(16)20/h2-9H,10-14H2,1H3. The Morgan fingerprint density at radius 2 is 1.65 bits per heavy atom. The summed E-state index contributed by atoms with van der Waals surface area (Å²) in [6.45, 7) is 5.09. The molecule has 1 fully saturated rings. The first-order valence-corrected chi connectivity index (χ1v) is 7.97. The summed E-state index contributed by atoms with van der Waals surface area (Å²) < 4.78 is 13.7. The Morgan fingerprint density at radius 1 is 1.00 bits per heavy atom. The minimum atomic E-state index is -0.306. The lowest BCUT2D eigenvalue weighted by molar-refractivity contribution is -0.130. The lowest BCUT2D eigenvalue weighted by Crippen LogP contribution is -2.49. The van der Waals surface area contributed by atoms with Crippen LogP contribution in [-0.2, 0) is 11.2 Å². The number of carbonyl (C=O) groups is 1. The predicted octanol–water partition coefficient (Wildman–Crippen LogP) is 3.03. The second-order valence-electron chi connectivity index (χ2n) is 5.92. The highest BCUT2D eigenvalue weighted by Crippen LogP contribution is 2.21. The van der Waals surface area contributed by atoms with E-state index < -0.39 is 0 Å². The molecule has 0 spiro atoms. The Hall–Kier alpha value is -2.36. The molecule has 3 rings (SSSR count). The van der Waals surface area contributed by atoms with Crippen molar-refractivity contribution in [1.29, 1.82) is 0 Å². The summed E-state index contributed by atoms with van der Waals surface area (Å²) in [5, 5.41) is 0. The van der Waals surface area contributed by atoms with Crippen LogP contribution in [0, 0.1) is 12.7 Å². The molecule has 120 valence electrons. The van der Waals surface area contributed by atoms with Gasteiger partial charge in [0, 0.05) is 31.9 Å². The van der Waals surface area contributed by atoms with Gasteiger partial charge in [-0.1, -0.05) is 36.4 Å². The molecule has 0 saturated carbocycles. The summed E-state index contributed by atoms with van der Waals surface area (Å²) in [4.78, 5) is 16.5. The molecule has 3 nitrogen and oxygen atoms in total. The SMILES string of the molecule is Cc1ccccc1N1CCN(C(=O)Cc2ccccc2F)CC1. The summed E-state index contributed by atoms with van der Waals surface area (Å²) in [5.41, 5.74) is 2.95. The predicted molar refractivity (Wildman–Crippen MR) is 90.1 cm³/mol. The summed E-state index contributed by atoms with van der Waals surface area (Å²) in [6, 6.07) is 14.8. The maximum Gasteiger partial charge on any atom is 0.227 e. The van der Waals surface area contributed by atoms with E-state index in [-0.39, 0.29) is 18.1 Å². The number of benzene rings is 2. The van der Waals surface area contributed by atoms with Crippen molar-refractivity contribution >= 4 is 11.6 Å². The van der Waals surface area contributed by atoms with E-state index in [2.05, 4.69) is 24.0 Å². The van der Waals surface area contributed by atoms with E-state index in [0.29, 0.717) is 18.7 Å². The van der Waals surface area contributed by atoms with Crippen molar-refractivity contribution < 1.29 is 9.18 Å². The van der Waals surface area contributed by atoms with Gasteiger partial charge in [-0.3, -0.25) is 4.79 Å². The molecule has 0 radical (unpaired) electrons. The van der Waals surface area contributed by atoms with Gasteiger partial charge in [-0.25, -0.2) is 4.39 Å².